The summed E-state index contributed by atoms with van der Waals surface area (Å²) in [5, 5.41) is 3.33. The second-order valence-electron chi connectivity index (χ2n) is 4.88. The zero-order valence-electron chi connectivity index (χ0n) is 10.2. The molecule has 0 amide bonds. The SMILES string of the molecule is C=C(CNC(C)(C)C)Cn1cccnc1=O. The minimum absolute atomic E-state index is 0.0584. The maximum Gasteiger partial charge on any atom is 0.347 e. The molecule has 0 aromatic carbocycles. The number of hydrogen-bond acceptors (Lipinski definition) is 3. The molecule has 0 aliphatic carbocycles. The lowest BCUT2D eigenvalue weighted by Gasteiger charge is -2.21. The van der Waals surface area contributed by atoms with E-state index in [1.165, 1.54) is 6.20 Å². The summed E-state index contributed by atoms with van der Waals surface area (Å²) in [7, 11) is 0. The number of nitrogens with one attached hydrogen (secondary N) is 1. The first-order valence-corrected chi connectivity index (χ1v) is 5.31. The van der Waals surface area contributed by atoms with Gasteiger partial charge in [-0.1, -0.05) is 6.58 Å². The smallest absolute Gasteiger partial charge is 0.308 e. The summed E-state index contributed by atoms with van der Waals surface area (Å²) in [6.07, 6.45) is 3.21. The number of nitrogens with zero attached hydrogens (tertiary/aromatic N) is 2. The Kier molecular flexibility index (Phi) is 4.01. The van der Waals surface area contributed by atoms with Crippen LogP contribution in [0.25, 0.3) is 0 Å². The molecular formula is C12H19N3O. The monoisotopic (exact) mass is 221 g/mol. The van der Waals surface area contributed by atoms with E-state index in [0.717, 1.165) is 5.57 Å². The number of aromatic nitrogens is 2. The van der Waals surface area contributed by atoms with Gasteiger partial charge in [-0.2, -0.15) is 0 Å². The molecule has 0 radical (unpaired) electrons. The predicted molar refractivity (Wildman–Crippen MR) is 65.4 cm³/mol. The van der Waals surface area contributed by atoms with Crippen LogP contribution < -0.4 is 11.0 Å². The molecule has 1 heterocycles. The van der Waals surface area contributed by atoms with Crippen LogP contribution in [0.4, 0.5) is 0 Å². The summed E-state index contributed by atoms with van der Waals surface area (Å²) < 4.78 is 1.55. The second kappa shape index (κ2) is 5.07. The topological polar surface area (TPSA) is 46.9 Å². The van der Waals surface area contributed by atoms with Crippen LogP contribution in [-0.4, -0.2) is 21.6 Å². The fourth-order valence-corrected chi connectivity index (χ4v) is 1.19. The standard InChI is InChI=1S/C12H19N3O/c1-10(8-14-12(2,3)4)9-15-7-5-6-13-11(15)16/h5-7,14H,1,8-9H2,2-4H3. The van der Waals surface area contributed by atoms with Gasteiger partial charge in [0.1, 0.15) is 0 Å². The predicted octanol–water partition coefficient (Wildman–Crippen LogP) is 1.19. The lowest BCUT2D eigenvalue weighted by Crippen LogP contribution is -2.37. The summed E-state index contributed by atoms with van der Waals surface area (Å²) in [4.78, 5) is 15.0. The maximum atomic E-state index is 11.3. The van der Waals surface area contributed by atoms with Crippen molar-refractivity contribution in [3.05, 3.63) is 41.1 Å². The van der Waals surface area contributed by atoms with Gasteiger partial charge in [0.2, 0.25) is 0 Å². The highest BCUT2D eigenvalue weighted by molar-refractivity contribution is 4.99. The number of hydrogen-bond donors (Lipinski definition) is 1. The average Bonchev–Trinajstić information content (AvgIpc) is 2.18. The molecule has 0 spiro atoms. The van der Waals surface area contributed by atoms with Gasteiger partial charge in [0.15, 0.2) is 0 Å². The minimum atomic E-state index is -0.237. The largest absolute Gasteiger partial charge is 0.347 e. The number of rotatable bonds is 4. The lowest BCUT2D eigenvalue weighted by atomic mass is 10.1. The van der Waals surface area contributed by atoms with Gasteiger partial charge in [-0.25, -0.2) is 9.78 Å². The van der Waals surface area contributed by atoms with Gasteiger partial charge in [0.05, 0.1) is 0 Å². The van der Waals surface area contributed by atoms with Crippen molar-refractivity contribution < 1.29 is 0 Å². The average molecular weight is 221 g/mol. The Hall–Kier alpha value is -1.42. The quantitative estimate of drug-likeness (QED) is 0.777. The molecular weight excluding hydrogens is 202 g/mol. The highest BCUT2D eigenvalue weighted by Crippen LogP contribution is 2.00. The first-order valence-electron chi connectivity index (χ1n) is 5.31. The lowest BCUT2D eigenvalue weighted by molar-refractivity contribution is 0.439. The van der Waals surface area contributed by atoms with Crippen LogP contribution in [0, 0.1) is 0 Å². The van der Waals surface area contributed by atoms with Crippen molar-refractivity contribution >= 4 is 0 Å². The maximum absolute atomic E-state index is 11.3. The molecule has 0 fully saturated rings. The van der Waals surface area contributed by atoms with Crippen molar-refractivity contribution in [2.45, 2.75) is 32.9 Å². The molecule has 4 heteroatoms. The third-order valence-electron chi connectivity index (χ3n) is 2.05. The van der Waals surface area contributed by atoms with E-state index in [0.29, 0.717) is 13.1 Å². The van der Waals surface area contributed by atoms with Crippen LogP contribution >= 0.6 is 0 Å². The van der Waals surface area contributed by atoms with Gasteiger partial charge in [-0.3, -0.25) is 4.57 Å². The molecule has 0 atom stereocenters. The molecule has 1 rings (SSSR count). The fraction of sp³-hybridized carbons (Fsp3) is 0.500. The van der Waals surface area contributed by atoms with Crippen LogP contribution in [0.1, 0.15) is 20.8 Å². The molecule has 1 aromatic rings. The van der Waals surface area contributed by atoms with Gasteiger partial charge in [0.25, 0.3) is 0 Å². The van der Waals surface area contributed by atoms with E-state index >= 15 is 0 Å². The van der Waals surface area contributed by atoms with Crippen molar-refractivity contribution in [3.63, 3.8) is 0 Å². The van der Waals surface area contributed by atoms with Crippen LogP contribution in [-0.2, 0) is 6.54 Å². The van der Waals surface area contributed by atoms with Crippen molar-refractivity contribution in [1.29, 1.82) is 0 Å². The summed E-state index contributed by atoms with van der Waals surface area (Å²) in [6.45, 7) is 11.4. The van der Waals surface area contributed by atoms with Crippen LogP contribution in [0.5, 0.6) is 0 Å². The molecule has 1 aromatic heterocycles. The molecule has 0 unspecified atom stereocenters. The molecule has 4 nitrogen and oxygen atoms in total. The summed E-state index contributed by atoms with van der Waals surface area (Å²) >= 11 is 0. The molecule has 88 valence electrons. The van der Waals surface area contributed by atoms with Crippen LogP contribution in [0.2, 0.25) is 0 Å². The van der Waals surface area contributed by atoms with Crippen molar-refractivity contribution in [1.82, 2.24) is 14.9 Å². The third kappa shape index (κ3) is 4.40. The van der Waals surface area contributed by atoms with E-state index in [1.54, 1.807) is 16.8 Å². The highest BCUT2D eigenvalue weighted by Gasteiger charge is 2.08. The Morgan fingerprint density at radius 1 is 1.56 bits per heavy atom. The Bertz CT molecular complexity index is 415. The zero-order valence-corrected chi connectivity index (χ0v) is 10.2. The Balaban J connectivity index is 2.53. The van der Waals surface area contributed by atoms with Crippen molar-refractivity contribution in [3.8, 4) is 0 Å². The zero-order chi connectivity index (χ0) is 12.2. The van der Waals surface area contributed by atoms with E-state index in [1.807, 2.05) is 0 Å². The summed E-state index contributed by atoms with van der Waals surface area (Å²) in [6, 6.07) is 1.74. The van der Waals surface area contributed by atoms with Crippen LogP contribution in [0.15, 0.2) is 35.4 Å². The molecule has 0 aliphatic heterocycles. The molecule has 0 bridgehead atoms. The van der Waals surface area contributed by atoms with E-state index < -0.39 is 0 Å². The van der Waals surface area contributed by atoms with Gasteiger partial charge < -0.3 is 5.32 Å². The Labute approximate surface area is 96.0 Å². The van der Waals surface area contributed by atoms with Gasteiger partial charge in [-0.15, -0.1) is 0 Å². The molecule has 1 N–H and O–H groups in total. The molecule has 0 aliphatic rings. The summed E-state index contributed by atoms with van der Waals surface area (Å²) in [5.41, 5.74) is 0.785. The molecule has 0 saturated heterocycles. The Morgan fingerprint density at radius 2 is 2.25 bits per heavy atom. The Morgan fingerprint density at radius 3 is 2.81 bits per heavy atom. The van der Waals surface area contributed by atoms with Crippen LogP contribution in [0.3, 0.4) is 0 Å². The van der Waals surface area contributed by atoms with E-state index in [4.69, 9.17) is 0 Å². The normalized spacial score (nSPS) is 11.4. The first kappa shape index (κ1) is 12.6. The molecule has 0 saturated carbocycles. The van der Waals surface area contributed by atoms with Gasteiger partial charge in [-0.05, 0) is 32.4 Å². The second-order valence-corrected chi connectivity index (χ2v) is 4.88. The van der Waals surface area contributed by atoms with E-state index in [-0.39, 0.29) is 11.2 Å². The fourth-order valence-electron chi connectivity index (χ4n) is 1.19. The van der Waals surface area contributed by atoms with Crippen molar-refractivity contribution in [2.75, 3.05) is 6.54 Å². The molecule has 16 heavy (non-hydrogen) atoms. The van der Waals surface area contributed by atoms with Gasteiger partial charge >= 0.3 is 5.69 Å². The third-order valence-corrected chi connectivity index (χ3v) is 2.05. The minimum Gasteiger partial charge on any atom is -0.308 e. The first-order chi connectivity index (χ1) is 7.38. The van der Waals surface area contributed by atoms with E-state index in [9.17, 15) is 4.79 Å². The highest BCUT2D eigenvalue weighted by atomic mass is 16.1. The summed E-state index contributed by atoms with van der Waals surface area (Å²) in [5.74, 6) is 0. The van der Waals surface area contributed by atoms with E-state index in [2.05, 4.69) is 37.7 Å². The van der Waals surface area contributed by atoms with Crippen molar-refractivity contribution in [2.24, 2.45) is 0 Å². The van der Waals surface area contributed by atoms with Gasteiger partial charge in [0, 0.05) is 31.0 Å².